The third-order valence-corrected chi connectivity index (χ3v) is 3.71. The van der Waals surface area contributed by atoms with Gasteiger partial charge in [0.25, 0.3) is 0 Å². The largest absolute Gasteiger partial charge is 0.454 e. The molecule has 1 amide bonds. The summed E-state index contributed by atoms with van der Waals surface area (Å²) >= 11 is 0. The molecule has 1 aromatic heterocycles. The maximum atomic E-state index is 12.1. The van der Waals surface area contributed by atoms with Gasteiger partial charge in [-0.3, -0.25) is 10.1 Å². The molecule has 4 rings (SSSR count). The van der Waals surface area contributed by atoms with Crippen LogP contribution in [0.2, 0.25) is 0 Å². The van der Waals surface area contributed by atoms with Crippen LogP contribution in [-0.2, 0) is 17.6 Å². The van der Waals surface area contributed by atoms with Crippen molar-refractivity contribution in [2.24, 2.45) is 0 Å². The summed E-state index contributed by atoms with van der Waals surface area (Å²) in [7, 11) is 0. The molecule has 7 heteroatoms. The van der Waals surface area contributed by atoms with Crippen LogP contribution < -0.4 is 14.8 Å². The van der Waals surface area contributed by atoms with Crippen molar-refractivity contribution in [1.82, 2.24) is 10.2 Å². The molecule has 2 heterocycles. The molecule has 0 bridgehead atoms. The second kappa shape index (κ2) is 6.64. The van der Waals surface area contributed by atoms with E-state index < -0.39 is 0 Å². The maximum absolute atomic E-state index is 12.1. The molecule has 0 aliphatic carbocycles. The summed E-state index contributed by atoms with van der Waals surface area (Å²) in [5, 5.41) is 10.4. The Hall–Kier alpha value is -3.35. The first-order chi connectivity index (χ1) is 12.3. The number of hydrogen-bond acceptors (Lipinski definition) is 6. The molecule has 126 valence electrons. The fourth-order valence-electron chi connectivity index (χ4n) is 2.55. The van der Waals surface area contributed by atoms with E-state index in [0.717, 1.165) is 11.1 Å². The van der Waals surface area contributed by atoms with Crippen molar-refractivity contribution in [1.29, 1.82) is 0 Å². The Kier molecular flexibility index (Phi) is 4.04. The molecule has 1 aliphatic heterocycles. The number of benzene rings is 2. The number of anilines is 1. The van der Waals surface area contributed by atoms with E-state index >= 15 is 0 Å². The minimum atomic E-state index is -0.242. The van der Waals surface area contributed by atoms with Crippen LogP contribution in [0.4, 0.5) is 6.01 Å². The topological polar surface area (TPSA) is 86.5 Å². The van der Waals surface area contributed by atoms with Crippen LogP contribution in [0.5, 0.6) is 11.5 Å². The van der Waals surface area contributed by atoms with Gasteiger partial charge in [-0.25, -0.2) is 0 Å². The van der Waals surface area contributed by atoms with Crippen LogP contribution in [-0.4, -0.2) is 22.9 Å². The van der Waals surface area contributed by atoms with Crippen molar-refractivity contribution in [3.63, 3.8) is 0 Å². The van der Waals surface area contributed by atoms with E-state index in [0.29, 0.717) is 23.8 Å². The molecule has 2 aromatic carbocycles. The number of amides is 1. The Balaban J connectivity index is 1.36. The number of hydrogen-bond donors (Lipinski definition) is 1. The second-order valence-corrected chi connectivity index (χ2v) is 5.58. The SMILES string of the molecule is O=C(Cc1ccc2c(c1)OCO2)Nc1nnc(Cc2ccccc2)o1. The van der Waals surface area contributed by atoms with Gasteiger partial charge in [-0.1, -0.05) is 41.5 Å². The molecule has 0 radical (unpaired) electrons. The lowest BCUT2D eigenvalue weighted by atomic mass is 10.1. The monoisotopic (exact) mass is 337 g/mol. The Morgan fingerprint density at radius 3 is 2.72 bits per heavy atom. The molecule has 0 fully saturated rings. The molecule has 0 spiro atoms. The van der Waals surface area contributed by atoms with Gasteiger partial charge >= 0.3 is 6.01 Å². The lowest BCUT2D eigenvalue weighted by Gasteiger charge is -2.02. The highest BCUT2D eigenvalue weighted by atomic mass is 16.7. The van der Waals surface area contributed by atoms with Gasteiger partial charge in [-0.2, -0.15) is 0 Å². The first kappa shape index (κ1) is 15.2. The standard InChI is InChI=1S/C18H15N3O4/c22-16(9-13-6-7-14-15(8-13)24-11-23-14)19-18-21-20-17(25-18)10-12-4-2-1-3-5-12/h1-8H,9-11H2,(H,19,21,22). The first-order valence-electron chi connectivity index (χ1n) is 7.81. The van der Waals surface area contributed by atoms with Gasteiger partial charge in [-0.15, -0.1) is 5.10 Å². The van der Waals surface area contributed by atoms with Gasteiger partial charge in [0.2, 0.25) is 18.6 Å². The molecule has 1 aliphatic rings. The minimum absolute atomic E-state index is 0.0941. The number of carbonyl (C=O) groups is 1. The molecular formula is C18H15N3O4. The first-order valence-corrected chi connectivity index (χ1v) is 7.81. The van der Waals surface area contributed by atoms with E-state index in [-0.39, 0.29) is 25.1 Å². The van der Waals surface area contributed by atoms with Gasteiger partial charge in [-0.05, 0) is 23.3 Å². The maximum Gasteiger partial charge on any atom is 0.322 e. The second-order valence-electron chi connectivity index (χ2n) is 5.58. The predicted molar refractivity (Wildman–Crippen MR) is 88.4 cm³/mol. The van der Waals surface area contributed by atoms with E-state index in [2.05, 4.69) is 15.5 Å². The number of nitrogens with one attached hydrogen (secondary N) is 1. The number of fused-ring (bicyclic) bond motifs is 1. The Bertz CT molecular complexity index is 892. The quantitative estimate of drug-likeness (QED) is 0.770. The molecule has 0 saturated heterocycles. The molecule has 1 N–H and O–H groups in total. The van der Waals surface area contributed by atoms with E-state index in [1.807, 2.05) is 36.4 Å². The molecule has 0 saturated carbocycles. The zero-order valence-corrected chi connectivity index (χ0v) is 13.3. The number of carbonyl (C=O) groups excluding carboxylic acids is 1. The van der Waals surface area contributed by atoms with Crippen LogP contribution >= 0.6 is 0 Å². The molecule has 25 heavy (non-hydrogen) atoms. The van der Waals surface area contributed by atoms with Crippen LogP contribution in [0.3, 0.4) is 0 Å². The average Bonchev–Trinajstić information content (AvgIpc) is 3.24. The zero-order chi connectivity index (χ0) is 17.1. The van der Waals surface area contributed by atoms with Crippen molar-refractivity contribution >= 4 is 11.9 Å². The third kappa shape index (κ3) is 3.60. The van der Waals surface area contributed by atoms with E-state index in [4.69, 9.17) is 13.9 Å². The fraction of sp³-hybridized carbons (Fsp3) is 0.167. The van der Waals surface area contributed by atoms with Crippen LogP contribution in [0, 0.1) is 0 Å². The minimum Gasteiger partial charge on any atom is -0.454 e. The molecule has 7 nitrogen and oxygen atoms in total. The van der Waals surface area contributed by atoms with Crippen molar-refractivity contribution in [2.75, 3.05) is 12.1 Å². The summed E-state index contributed by atoms with van der Waals surface area (Å²) in [4.78, 5) is 12.1. The molecule has 0 atom stereocenters. The number of rotatable bonds is 5. The van der Waals surface area contributed by atoms with Gasteiger partial charge < -0.3 is 13.9 Å². The summed E-state index contributed by atoms with van der Waals surface area (Å²) in [6.07, 6.45) is 0.693. The van der Waals surface area contributed by atoms with Crippen LogP contribution in [0.15, 0.2) is 52.9 Å². The summed E-state index contributed by atoms with van der Waals surface area (Å²) < 4.78 is 16.0. The van der Waals surface area contributed by atoms with E-state index in [1.54, 1.807) is 12.1 Å². The highest BCUT2D eigenvalue weighted by Crippen LogP contribution is 2.32. The Morgan fingerprint density at radius 2 is 1.84 bits per heavy atom. The summed E-state index contributed by atoms with van der Waals surface area (Å²) in [6, 6.07) is 15.3. The smallest absolute Gasteiger partial charge is 0.322 e. The van der Waals surface area contributed by atoms with Crippen molar-refractivity contribution in [2.45, 2.75) is 12.8 Å². The van der Waals surface area contributed by atoms with E-state index in [1.165, 1.54) is 0 Å². The molecule has 0 unspecified atom stereocenters. The lowest BCUT2D eigenvalue weighted by molar-refractivity contribution is -0.115. The highest BCUT2D eigenvalue weighted by Gasteiger charge is 2.15. The van der Waals surface area contributed by atoms with Crippen molar-refractivity contribution in [3.05, 3.63) is 65.5 Å². The zero-order valence-electron chi connectivity index (χ0n) is 13.3. The van der Waals surface area contributed by atoms with Gasteiger partial charge in [0.05, 0.1) is 12.8 Å². The van der Waals surface area contributed by atoms with Crippen molar-refractivity contribution < 1.29 is 18.7 Å². The molecule has 3 aromatic rings. The van der Waals surface area contributed by atoms with Gasteiger partial charge in [0.15, 0.2) is 11.5 Å². The Morgan fingerprint density at radius 1 is 1.00 bits per heavy atom. The van der Waals surface area contributed by atoms with Crippen LogP contribution in [0.25, 0.3) is 0 Å². The predicted octanol–water partition coefficient (Wildman–Crippen LogP) is 2.57. The normalized spacial score (nSPS) is 12.2. The highest BCUT2D eigenvalue weighted by molar-refractivity contribution is 5.90. The lowest BCUT2D eigenvalue weighted by Crippen LogP contribution is -2.14. The number of nitrogens with zero attached hydrogens (tertiary/aromatic N) is 2. The van der Waals surface area contributed by atoms with Crippen molar-refractivity contribution in [3.8, 4) is 11.5 Å². The Labute approximate surface area is 143 Å². The summed E-state index contributed by atoms with van der Waals surface area (Å²) in [5.74, 6) is 1.54. The van der Waals surface area contributed by atoms with Gasteiger partial charge in [0, 0.05) is 0 Å². The molecular weight excluding hydrogens is 322 g/mol. The third-order valence-electron chi connectivity index (χ3n) is 3.71. The number of aromatic nitrogens is 2. The average molecular weight is 337 g/mol. The fourth-order valence-corrected chi connectivity index (χ4v) is 2.55. The van der Waals surface area contributed by atoms with Gasteiger partial charge in [0.1, 0.15) is 0 Å². The van der Waals surface area contributed by atoms with Crippen LogP contribution in [0.1, 0.15) is 17.0 Å². The number of ether oxygens (including phenoxy) is 2. The summed E-state index contributed by atoms with van der Waals surface area (Å²) in [5.41, 5.74) is 1.87. The van der Waals surface area contributed by atoms with E-state index in [9.17, 15) is 4.79 Å². The summed E-state index contributed by atoms with van der Waals surface area (Å²) in [6.45, 7) is 0.206.